The van der Waals surface area contributed by atoms with E-state index < -0.39 is 0 Å². The van der Waals surface area contributed by atoms with E-state index in [0.717, 1.165) is 12.8 Å². The van der Waals surface area contributed by atoms with Gasteiger partial charge < -0.3 is 18.9 Å². The summed E-state index contributed by atoms with van der Waals surface area (Å²) in [5, 5.41) is 3.73. The lowest BCUT2D eigenvalue weighted by Crippen LogP contribution is -2.51. The minimum atomic E-state index is 0.0274. The third kappa shape index (κ3) is 3.79. The molecule has 1 saturated heterocycles. The number of aryl methyl sites for hydroxylation is 1. The fourth-order valence-electron chi connectivity index (χ4n) is 3.46. The maximum absolute atomic E-state index is 12.6. The second-order valence-electron chi connectivity index (χ2n) is 6.14. The number of aromatic nitrogens is 2. The number of hydrogen-bond donors (Lipinski definition) is 0. The number of hydrogen-bond acceptors (Lipinski definition) is 6. The van der Waals surface area contributed by atoms with Crippen molar-refractivity contribution in [2.45, 2.75) is 38.3 Å². The zero-order valence-corrected chi connectivity index (χ0v) is 13.4. The Kier molecular flexibility index (Phi) is 5.07. The molecule has 3 unspecified atom stereocenters. The van der Waals surface area contributed by atoms with Gasteiger partial charge in [0.2, 0.25) is 11.8 Å². The van der Waals surface area contributed by atoms with E-state index in [1.165, 1.54) is 0 Å². The van der Waals surface area contributed by atoms with Gasteiger partial charge in [0.1, 0.15) is 6.42 Å². The van der Waals surface area contributed by atoms with E-state index in [0.29, 0.717) is 44.0 Å². The normalized spacial score (nSPS) is 27.0. The fraction of sp³-hybridized carbons (Fsp3) is 0.688. The van der Waals surface area contributed by atoms with E-state index in [1.54, 1.807) is 13.0 Å². The van der Waals surface area contributed by atoms with Crippen LogP contribution in [-0.2, 0) is 20.7 Å². The van der Waals surface area contributed by atoms with Gasteiger partial charge in [0.05, 0.1) is 25.4 Å². The summed E-state index contributed by atoms with van der Waals surface area (Å²) in [4.78, 5) is 18.6. The van der Waals surface area contributed by atoms with Gasteiger partial charge in [-0.15, -0.1) is 6.58 Å². The molecule has 1 aliphatic carbocycles. The summed E-state index contributed by atoms with van der Waals surface area (Å²) in [7, 11) is 0. The van der Waals surface area contributed by atoms with Crippen LogP contribution in [0.1, 0.15) is 24.6 Å². The van der Waals surface area contributed by atoms with Crippen molar-refractivity contribution in [3.63, 3.8) is 0 Å². The molecule has 1 saturated carbocycles. The third-order valence-corrected chi connectivity index (χ3v) is 4.42. The number of carbonyl (C=O) groups excluding carboxylic acids is 1. The van der Waals surface area contributed by atoms with E-state index in [-0.39, 0.29) is 24.5 Å². The van der Waals surface area contributed by atoms with Gasteiger partial charge in [0.15, 0.2) is 5.82 Å². The Hall–Kier alpha value is -1.73. The average molecular weight is 321 g/mol. The van der Waals surface area contributed by atoms with E-state index in [1.807, 2.05) is 4.90 Å². The smallest absolute Gasteiger partial charge is 0.236 e. The topological polar surface area (TPSA) is 77.7 Å². The number of morpholine rings is 1. The molecule has 0 aromatic carbocycles. The first-order chi connectivity index (χ1) is 11.2. The summed E-state index contributed by atoms with van der Waals surface area (Å²) in [5.41, 5.74) is 0. The molecule has 126 valence electrons. The van der Waals surface area contributed by atoms with Crippen LogP contribution >= 0.6 is 0 Å². The molecular formula is C16H23N3O4. The summed E-state index contributed by atoms with van der Waals surface area (Å²) < 4.78 is 16.5. The van der Waals surface area contributed by atoms with Crippen LogP contribution in [-0.4, -0.2) is 59.5 Å². The summed E-state index contributed by atoms with van der Waals surface area (Å²) in [5.74, 6) is 1.37. The lowest BCUT2D eigenvalue weighted by molar-refractivity contribution is -0.143. The average Bonchev–Trinajstić information content (AvgIpc) is 3.12. The highest BCUT2D eigenvalue weighted by Crippen LogP contribution is 2.34. The van der Waals surface area contributed by atoms with Gasteiger partial charge in [-0.2, -0.15) is 4.98 Å². The van der Waals surface area contributed by atoms with E-state index in [9.17, 15) is 4.79 Å². The highest BCUT2D eigenvalue weighted by molar-refractivity contribution is 5.78. The van der Waals surface area contributed by atoms with Crippen LogP contribution in [0.15, 0.2) is 17.2 Å². The number of carbonyl (C=O) groups is 1. The Morgan fingerprint density at radius 2 is 2.39 bits per heavy atom. The van der Waals surface area contributed by atoms with Crippen molar-refractivity contribution in [1.82, 2.24) is 15.0 Å². The number of fused-ring (bicyclic) bond motifs is 1. The molecule has 2 aliphatic rings. The molecule has 1 aromatic heterocycles. The largest absolute Gasteiger partial charge is 0.377 e. The lowest BCUT2D eigenvalue weighted by atomic mass is 10.1. The van der Waals surface area contributed by atoms with E-state index in [4.69, 9.17) is 14.0 Å². The maximum atomic E-state index is 12.6. The molecule has 0 bridgehead atoms. The van der Waals surface area contributed by atoms with Crippen molar-refractivity contribution in [2.24, 2.45) is 5.92 Å². The summed E-state index contributed by atoms with van der Waals surface area (Å²) >= 11 is 0. The second kappa shape index (κ2) is 7.23. The molecule has 7 heteroatoms. The van der Waals surface area contributed by atoms with Gasteiger partial charge in [-0.05, 0) is 25.7 Å². The van der Waals surface area contributed by atoms with Crippen LogP contribution in [0.25, 0.3) is 0 Å². The van der Waals surface area contributed by atoms with Crippen molar-refractivity contribution < 1.29 is 18.8 Å². The molecule has 3 rings (SSSR count). The first-order valence-corrected chi connectivity index (χ1v) is 8.06. The molecule has 1 amide bonds. The number of amides is 1. The van der Waals surface area contributed by atoms with Gasteiger partial charge in [0, 0.05) is 13.2 Å². The Bertz CT molecular complexity index is 559. The van der Waals surface area contributed by atoms with Crippen LogP contribution in [0.2, 0.25) is 0 Å². The standard InChI is InChI=1S/C16H23N3O4/c1-3-5-21-10-12-7-13-14(8-12)22-6-4-19(13)16(20)9-15-17-11(2)18-23-15/h3,12-14H,1,4-10H2,2H3. The molecule has 0 spiro atoms. The summed E-state index contributed by atoms with van der Waals surface area (Å²) in [6, 6.07) is 0.123. The van der Waals surface area contributed by atoms with Gasteiger partial charge >= 0.3 is 0 Å². The first-order valence-electron chi connectivity index (χ1n) is 8.06. The van der Waals surface area contributed by atoms with Crippen molar-refractivity contribution in [3.05, 3.63) is 24.4 Å². The Labute approximate surface area is 135 Å². The molecular weight excluding hydrogens is 298 g/mol. The van der Waals surface area contributed by atoms with E-state index >= 15 is 0 Å². The summed E-state index contributed by atoms with van der Waals surface area (Å²) in [6.45, 7) is 7.84. The minimum absolute atomic E-state index is 0.0274. The van der Waals surface area contributed by atoms with Crippen LogP contribution < -0.4 is 0 Å². The predicted octanol–water partition coefficient (Wildman–Crippen LogP) is 1.13. The Balaban J connectivity index is 1.59. The molecule has 7 nitrogen and oxygen atoms in total. The van der Waals surface area contributed by atoms with Crippen LogP contribution in [0, 0.1) is 12.8 Å². The molecule has 1 aliphatic heterocycles. The minimum Gasteiger partial charge on any atom is -0.377 e. The van der Waals surface area contributed by atoms with Crippen LogP contribution in [0.3, 0.4) is 0 Å². The monoisotopic (exact) mass is 321 g/mol. The molecule has 2 heterocycles. The van der Waals surface area contributed by atoms with Crippen molar-refractivity contribution in [3.8, 4) is 0 Å². The second-order valence-corrected chi connectivity index (χ2v) is 6.14. The molecule has 0 radical (unpaired) electrons. The van der Waals surface area contributed by atoms with Crippen LogP contribution in [0.5, 0.6) is 0 Å². The van der Waals surface area contributed by atoms with Gasteiger partial charge in [-0.25, -0.2) is 0 Å². The number of ether oxygens (including phenoxy) is 2. The maximum Gasteiger partial charge on any atom is 0.236 e. The molecule has 1 aromatic rings. The predicted molar refractivity (Wildman–Crippen MR) is 81.7 cm³/mol. The molecule has 23 heavy (non-hydrogen) atoms. The zero-order valence-electron chi connectivity index (χ0n) is 13.4. The van der Waals surface area contributed by atoms with Crippen LogP contribution in [0.4, 0.5) is 0 Å². The first kappa shape index (κ1) is 16.1. The van der Waals surface area contributed by atoms with E-state index in [2.05, 4.69) is 16.7 Å². The van der Waals surface area contributed by atoms with Gasteiger partial charge in [0.25, 0.3) is 0 Å². The van der Waals surface area contributed by atoms with Gasteiger partial charge in [-0.1, -0.05) is 11.2 Å². The quantitative estimate of drug-likeness (QED) is 0.577. The molecule has 3 atom stereocenters. The zero-order chi connectivity index (χ0) is 16.2. The number of rotatable bonds is 6. The Morgan fingerprint density at radius 3 is 3.13 bits per heavy atom. The SMILES string of the molecule is C=CCOCC1CC2OCCN(C(=O)Cc3nc(C)no3)C2C1. The van der Waals surface area contributed by atoms with Gasteiger partial charge in [-0.3, -0.25) is 4.79 Å². The lowest BCUT2D eigenvalue weighted by Gasteiger charge is -2.37. The highest BCUT2D eigenvalue weighted by Gasteiger charge is 2.42. The Morgan fingerprint density at radius 1 is 1.52 bits per heavy atom. The van der Waals surface area contributed by atoms with Crippen molar-refractivity contribution in [2.75, 3.05) is 26.4 Å². The van der Waals surface area contributed by atoms with Crippen molar-refractivity contribution >= 4 is 5.91 Å². The van der Waals surface area contributed by atoms with Crippen molar-refractivity contribution in [1.29, 1.82) is 0 Å². The molecule has 0 N–H and O–H groups in total. The summed E-state index contributed by atoms with van der Waals surface area (Å²) in [6.07, 6.45) is 3.86. The fourth-order valence-corrected chi connectivity index (χ4v) is 3.46. The highest BCUT2D eigenvalue weighted by atomic mass is 16.5. The number of nitrogens with zero attached hydrogens (tertiary/aromatic N) is 3. The molecule has 2 fully saturated rings. The third-order valence-electron chi connectivity index (χ3n) is 4.42.